The van der Waals surface area contributed by atoms with Crippen LogP contribution in [0.1, 0.15) is 25.3 Å². The van der Waals surface area contributed by atoms with E-state index in [2.05, 4.69) is 0 Å². The van der Waals surface area contributed by atoms with Gasteiger partial charge in [-0.2, -0.15) is 0 Å². The predicted molar refractivity (Wildman–Crippen MR) is 61.8 cm³/mol. The summed E-state index contributed by atoms with van der Waals surface area (Å²) in [4.78, 5) is 13.3. The first-order valence-electron chi connectivity index (χ1n) is 5.35. The van der Waals surface area contributed by atoms with Crippen LogP contribution in [-0.2, 0) is 11.2 Å². The maximum atomic E-state index is 11.5. The van der Waals surface area contributed by atoms with Crippen molar-refractivity contribution in [2.24, 2.45) is 0 Å². The lowest BCUT2D eigenvalue weighted by Gasteiger charge is -2.21. The van der Waals surface area contributed by atoms with Crippen LogP contribution in [0.25, 0.3) is 0 Å². The van der Waals surface area contributed by atoms with E-state index >= 15 is 0 Å². The molecule has 0 saturated heterocycles. The Balaban J connectivity index is 2.46. The summed E-state index contributed by atoms with van der Waals surface area (Å²) in [6.45, 7) is 2.42. The first-order valence-corrected chi connectivity index (χ1v) is 5.35. The molecule has 80 valence electrons. The molecule has 0 aromatic heterocycles. The minimum Gasteiger partial charge on any atom is -0.399 e. The highest BCUT2D eigenvalue weighted by Crippen LogP contribution is 2.28. The van der Waals surface area contributed by atoms with E-state index in [1.165, 1.54) is 5.56 Å². The molecule has 15 heavy (non-hydrogen) atoms. The van der Waals surface area contributed by atoms with E-state index in [1.807, 2.05) is 23.1 Å². The molecule has 1 aromatic rings. The Morgan fingerprint density at radius 2 is 2.20 bits per heavy atom. The first-order chi connectivity index (χ1) is 7.18. The Bertz CT molecular complexity index is 387. The van der Waals surface area contributed by atoms with Gasteiger partial charge in [-0.25, -0.2) is 0 Å². The van der Waals surface area contributed by atoms with Crippen molar-refractivity contribution in [1.29, 1.82) is 0 Å². The summed E-state index contributed by atoms with van der Waals surface area (Å²) < 4.78 is 0. The predicted octanol–water partition coefficient (Wildman–Crippen LogP) is 1.96. The largest absolute Gasteiger partial charge is 0.399 e. The van der Waals surface area contributed by atoms with E-state index in [0.717, 1.165) is 37.2 Å². The lowest BCUT2D eigenvalue weighted by atomic mass is 10.1. The maximum absolute atomic E-state index is 11.5. The third kappa shape index (κ3) is 1.96. The SMILES string of the molecule is CC(=O)N1CCCCc2ccc(N)cc21. The van der Waals surface area contributed by atoms with Gasteiger partial charge in [0.1, 0.15) is 0 Å². The molecular weight excluding hydrogens is 188 g/mol. The molecule has 0 fully saturated rings. The Labute approximate surface area is 89.9 Å². The molecule has 0 unspecified atom stereocenters. The number of benzene rings is 1. The summed E-state index contributed by atoms with van der Waals surface area (Å²) in [7, 11) is 0. The number of carbonyl (C=O) groups excluding carboxylic acids is 1. The van der Waals surface area contributed by atoms with Crippen LogP contribution in [0.2, 0.25) is 0 Å². The highest BCUT2D eigenvalue weighted by molar-refractivity contribution is 5.93. The standard InChI is InChI=1S/C12H16N2O/c1-9(15)14-7-3-2-4-10-5-6-11(13)8-12(10)14/h5-6,8H,2-4,7,13H2,1H3. The maximum Gasteiger partial charge on any atom is 0.223 e. The molecule has 1 heterocycles. The summed E-state index contributed by atoms with van der Waals surface area (Å²) in [5.74, 6) is 0.101. The zero-order valence-corrected chi connectivity index (χ0v) is 8.99. The molecule has 0 radical (unpaired) electrons. The van der Waals surface area contributed by atoms with E-state index in [-0.39, 0.29) is 5.91 Å². The molecule has 0 atom stereocenters. The van der Waals surface area contributed by atoms with Crippen molar-refractivity contribution in [2.45, 2.75) is 26.2 Å². The number of nitrogens with zero attached hydrogens (tertiary/aromatic N) is 1. The fourth-order valence-electron chi connectivity index (χ4n) is 2.08. The molecule has 3 nitrogen and oxygen atoms in total. The zero-order valence-electron chi connectivity index (χ0n) is 8.99. The molecule has 0 spiro atoms. The van der Waals surface area contributed by atoms with Crippen LogP contribution in [0.5, 0.6) is 0 Å². The van der Waals surface area contributed by atoms with E-state index in [0.29, 0.717) is 0 Å². The van der Waals surface area contributed by atoms with Gasteiger partial charge in [-0.1, -0.05) is 6.07 Å². The van der Waals surface area contributed by atoms with E-state index in [1.54, 1.807) is 6.92 Å². The van der Waals surface area contributed by atoms with Gasteiger partial charge in [0.05, 0.1) is 0 Å². The van der Waals surface area contributed by atoms with E-state index < -0.39 is 0 Å². The Morgan fingerprint density at radius 3 is 2.93 bits per heavy atom. The minimum atomic E-state index is 0.101. The Morgan fingerprint density at radius 1 is 1.40 bits per heavy atom. The van der Waals surface area contributed by atoms with Crippen LogP contribution in [0.15, 0.2) is 18.2 Å². The normalized spacial score (nSPS) is 15.7. The Hall–Kier alpha value is -1.51. The van der Waals surface area contributed by atoms with Crippen molar-refractivity contribution < 1.29 is 4.79 Å². The quantitative estimate of drug-likeness (QED) is 0.657. The van der Waals surface area contributed by atoms with Gasteiger partial charge in [0, 0.05) is 24.8 Å². The van der Waals surface area contributed by atoms with E-state index in [4.69, 9.17) is 5.73 Å². The van der Waals surface area contributed by atoms with Gasteiger partial charge in [-0.05, 0) is 37.0 Å². The number of fused-ring (bicyclic) bond motifs is 1. The number of nitrogen functional groups attached to an aromatic ring is 1. The molecule has 1 aliphatic rings. The van der Waals surface area contributed by atoms with Crippen molar-refractivity contribution in [3.05, 3.63) is 23.8 Å². The molecule has 1 aromatic carbocycles. The van der Waals surface area contributed by atoms with Crippen molar-refractivity contribution in [2.75, 3.05) is 17.2 Å². The Kier molecular flexibility index (Phi) is 2.62. The second-order valence-electron chi connectivity index (χ2n) is 4.02. The summed E-state index contributed by atoms with van der Waals surface area (Å²) >= 11 is 0. The van der Waals surface area contributed by atoms with Crippen molar-refractivity contribution in [3.63, 3.8) is 0 Å². The molecule has 3 heteroatoms. The topological polar surface area (TPSA) is 46.3 Å². The van der Waals surface area contributed by atoms with Crippen molar-refractivity contribution in [1.82, 2.24) is 0 Å². The molecule has 1 amide bonds. The molecule has 0 saturated carbocycles. The smallest absolute Gasteiger partial charge is 0.223 e. The summed E-state index contributed by atoms with van der Waals surface area (Å²) in [6.07, 6.45) is 3.24. The van der Waals surface area contributed by atoms with Gasteiger partial charge >= 0.3 is 0 Å². The zero-order chi connectivity index (χ0) is 10.8. The average Bonchev–Trinajstić information content (AvgIpc) is 2.39. The van der Waals surface area contributed by atoms with E-state index in [9.17, 15) is 4.79 Å². The number of amides is 1. The monoisotopic (exact) mass is 204 g/mol. The number of hydrogen-bond donors (Lipinski definition) is 1. The van der Waals surface area contributed by atoms with Crippen molar-refractivity contribution >= 4 is 17.3 Å². The van der Waals surface area contributed by atoms with Gasteiger partial charge in [0.25, 0.3) is 0 Å². The van der Waals surface area contributed by atoms with Crippen LogP contribution in [-0.4, -0.2) is 12.5 Å². The van der Waals surface area contributed by atoms with Gasteiger partial charge in [0.2, 0.25) is 5.91 Å². The molecule has 0 bridgehead atoms. The highest BCUT2D eigenvalue weighted by Gasteiger charge is 2.18. The number of rotatable bonds is 0. The number of anilines is 2. The van der Waals surface area contributed by atoms with Crippen LogP contribution in [0.3, 0.4) is 0 Å². The van der Waals surface area contributed by atoms with Crippen LogP contribution in [0, 0.1) is 0 Å². The van der Waals surface area contributed by atoms with Crippen LogP contribution in [0.4, 0.5) is 11.4 Å². The third-order valence-electron chi connectivity index (χ3n) is 2.86. The number of nitrogens with two attached hydrogens (primary N) is 1. The lowest BCUT2D eigenvalue weighted by Crippen LogP contribution is -2.29. The second-order valence-corrected chi connectivity index (χ2v) is 4.02. The summed E-state index contributed by atoms with van der Waals surface area (Å²) in [5.41, 5.74) is 8.71. The molecule has 1 aliphatic heterocycles. The van der Waals surface area contributed by atoms with Gasteiger partial charge in [0.15, 0.2) is 0 Å². The molecule has 0 aliphatic carbocycles. The second kappa shape index (κ2) is 3.93. The number of aryl methyl sites for hydroxylation is 1. The molecule has 2 N–H and O–H groups in total. The number of hydrogen-bond acceptors (Lipinski definition) is 2. The first kappa shape index (κ1) is 10.0. The van der Waals surface area contributed by atoms with Gasteiger partial charge in [-0.3, -0.25) is 4.79 Å². The van der Waals surface area contributed by atoms with Gasteiger partial charge < -0.3 is 10.6 Å². The van der Waals surface area contributed by atoms with Crippen LogP contribution < -0.4 is 10.6 Å². The fraction of sp³-hybridized carbons (Fsp3) is 0.417. The molecule has 2 rings (SSSR count). The van der Waals surface area contributed by atoms with Crippen LogP contribution >= 0.6 is 0 Å². The van der Waals surface area contributed by atoms with Crippen molar-refractivity contribution in [3.8, 4) is 0 Å². The lowest BCUT2D eigenvalue weighted by molar-refractivity contribution is -0.116. The van der Waals surface area contributed by atoms with Gasteiger partial charge in [-0.15, -0.1) is 0 Å². The number of carbonyl (C=O) groups is 1. The minimum absolute atomic E-state index is 0.101. The third-order valence-corrected chi connectivity index (χ3v) is 2.86. The molecular formula is C12H16N2O. The fourth-order valence-corrected chi connectivity index (χ4v) is 2.08. The summed E-state index contributed by atoms with van der Waals surface area (Å²) in [5, 5.41) is 0. The summed E-state index contributed by atoms with van der Waals surface area (Å²) in [6, 6.07) is 5.84. The highest BCUT2D eigenvalue weighted by atomic mass is 16.2. The average molecular weight is 204 g/mol.